The summed E-state index contributed by atoms with van der Waals surface area (Å²) in [6.45, 7) is -0.423. The molecule has 0 aliphatic rings. The zero-order chi connectivity index (χ0) is 10.7. The average molecular weight is 240 g/mol. The molecule has 2 aromatic rings. The van der Waals surface area contributed by atoms with Crippen LogP contribution >= 0.6 is 0 Å². The van der Waals surface area contributed by atoms with Crippen molar-refractivity contribution in [1.29, 1.82) is 0 Å². The summed E-state index contributed by atoms with van der Waals surface area (Å²) in [5, 5.41) is 12.2. The van der Waals surface area contributed by atoms with Crippen LogP contribution in [0, 0.1) is 0 Å². The average Bonchev–Trinajstić information content (AvgIpc) is 2.26. The largest absolute Gasteiger partial charge is 1.00 e. The maximum absolute atomic E-state index is 10.3. The van der Waals surface area contributed by atoms with Crippen molar-refractivity contribution < 1.29 is 66.0 Å². The first kappa shape index (κ1) is 13.7. The Kier molecular flexibility index (Phi) is 5.44. The molecule has 0 radical (unpaired) electrons. The van der Waals surface area contributed by atoms with Gasteiger partial charge in [-0.15, -0.1) is 0 Å². The molecule has 0 aliphatic carbocycles. The number of fused-ring (bicyclic) bond motifs is 1. The minimum absolute atomic E-state index is 0. The predicted octanol–water partition coefficient (Wildman–Crippen LogP) is -2.03. The minimum atomic E-state index is -1.22. The number of benzene rings is 2. The third kappa shape index (κ3) is 3.30. The molecule has 0 heterocycles. The van der Waals surface area contributed by atoms with E-state index in [2.05, 4.69) is 0 Å². The van der Waals surface area contributed by atoms with E-state index in [9.17, 15) is 9.90 Å². The van der Waals surface area contributed by atoms with Gasteiger partial charge in [-0.1, -0.05) is 36.4 Å². The fourth-order valence-corrected chi connectivity index (χ4v) is 1.46. The molecule has 0 aliphatic heterocycles. The molecule has 16 heavy (non-hydrogen) atoms. The molecule has 0 saturated carbocycles. The molecule has 0 unspecified atom stereocenters. The molecule has 0 atom stereocenters. The Morgan fingerprint density at radius 1 is 1.12 bits per heavy atom. The number of rotatable bonds is 3. The third-order valence-corrected chi connectivity index (χ3v) is 2.10. The van der Waals surface area contributed by atoms with Crippen molar-refractivity contribution in [1.82, 2.24) is 0 Å². The summed E-state index contributed by atoms with van der Waals surface area (Å²) in [5.74, 6) is -0.653. The van der Waals surface area contributed by atoms with Crippen LogP contribution in [-0.4, -0.2) is 12.6 Å². The fourth-order valence-electron chi connectivity index (χ4n) is 1.46. The van der Waals surface area contributed by atoms with Gasteiger partial charge in [0.15, 0.2) is 0 Å². The first-order valence-corrected chi connectivity index (χ1v) is 4.58. The normalized spacial score (nSPS) is 9.50. The van der Waals surface area contributed by atoms with Crippen molar-refractivity contribution >= 4 is 16.7 Å². The van der Waals surface area contributed by atoms with Gasteiger partial charge in [0.1, 0.15) is 12.4 Å². The smallest absolute Gasteiger partial charge is 0.546 e. The molecule has 0 bridgehead atoms. The Morgan fingerprint density at radius 3 is 2.56 bits per heavy atom. The fraction of sp³-hybridized carbons (Fsp3) is 0.0833. The van der Waals surface area contributed by atoms with Crippen LogP contribution < -0.4 is 61.2 Å². The van der Waals surface area contributed by atoms with Gasteiger partial charge < -0.3 is 14.6 Å². The Morgan fingerprint density at radius 2 is 1.81 bits per heavy atom. The molecule has 0 N–H and O–H groups in total. The van der Waals surface area contributed by atoms with Gasteiger partial charge in [-0.25, -0.2) is 0 Å². The minimum Gasteiger partial charge on any atom is -0.546 e. The van der Waals surface area contributed by atoms with Crippen molar-refractivity contribution in [2.45, 2.75) is 0 Å². The Hall–Kier alpha value is -0.394. The van der Waals surface area contributed by atoms with E-state index in [1.54, 1.807) is 6.07 Å². The van der Waals surface area contributed by atoms with Crippen molar-refractivity contribution in [3.63, 3.8) is 0 Å². The molecular formula is C12H9KO3. The van der Waals surface area contributed by atoms with Crippen LogP contribution in [0.5, 0.6) is 5.75 Å². The van der Waals surface area contributed by atoms with Crippen LogP contribution in [0.4, 0.5) is 0 Å². The van der Waals surface area contributed by atoms with Crippen LogP contribution in [0.3, 0.4) is 0 Å². The van der Waals surface area contributed by atoms with E-state index >= 15 is 0 Å². The molecule has 76 valence electrons. The van der Waals surface area contributed by atoms with E-state index in [0.717, 1.165) is 10.8 Å². The van der Waals surface area contributed by atoms with Gasteiger partial charge in [-0.05, 0) is 11.5 Å². The van der Waals surface area contributed by atoms with Crippen LogP contribution in [0.25, 0.3) is 10.8 Å². The molecule has 2 rings (SSSR count). The number of hydrogen-bond donors (Lipinski definition) is 0. The number of ether oxygens (including phenoxy) is 1. The standard InChI is InChI=1S/C12H10O3.K/c13-12(14)8-15-11-7-3-5-9-4-1-2-6-10(9)11;/h1-7H,8H2,(H,13,14);/q;+1/p-1. The first-order chi connectivity index (χ1) is 7.27. The monoisotopic (exact) mass is 240 g/mol. The summed E-state index contributed by atoms with van der Waals surface area (Å²) in [6, 6.07) is 13.2. The second-order valence-electron chi connectivity index (χ2n) is 3.14. The van der Waals surface area contributed by atoms with Gasteiger partial charge >= 0.3 is 51.4 Å². The maximum atomic E-state index is 10.3. The zero-order valence-corrected chi connectivity index (χ0v) is 12.1. The van der Waals surface area contributed by atoms with Crippen LogP contribution in [0.15, 0.2) is 42.5 Å². The molecule has 3 nitrogen and oxygen atoms in total. The van der Waals surface area contributed by atoms with Gasteiger partial charge in [-0.2, -0.15) is 0 Å². The van der Waals surface area contributed by atoms with E-state index in [1.807, 2.05) is 36.4 Å². The summed E-state index contributed by atoms with van der Waals surface area (Å²) in [6.07, 6.45) is 0. The number of hydrogen-bond acceptors (Lipinski definition) is 3. The first-order valence-electron chi connectivity index (χ1n) is 4.58. The Bertz CT molecular complexity index is 491. The summed E-state index contributed by atoms with van der Waals surface area (Å²) >= 11 is 0. The number of carbonyl (C=O) groups excluding carboxylic acids is 1. The number of aliphatic carboxylic acids is 1. The number of carboxylic acids is 1. The molecule has 0 aromatic heterocycles. The molecule has 4 heteroatoms. The summed E-state index contributed by atoms with van der Waals surface area (Å²) in [4.78, 5) is 10.3. The maximum Gasteiger partial charge on any atom is 1.00 e. The zero-order valence-electron chi connectivity index (χ0n) is 8.97. The van der Waals surface area contributed by atoms with Crippen molar-refractivity contribution in [3.8, 4) is 5.75 Å². The van der Waals surface area contributed by atoms with Crippen LogP contribution in [0.2, 0.25) is 0 Å². The second kappa shape index (κ2) is 6.37. The van der Waals surface area contributed by atoms with Crippen molar-refractivity contribution in [2.75, 3.05) is 6.61 Å². The van der Waals surface area contributed by atoms with Crippen LogP contribution in [-0.2, 0) is 4.79 Å². The van der Waals surface area contributed by atoms with Gasteiger partial charge in [0.25, 0.3) is 0 Å². The van der Waals surface area contributed by atoms with E-state index in [4.69, 9.17) is 4.74 Å². The number of carboxylic acid groups (broad SMARTS) is 1. The van der Waals surface area contributed by atoms with Crippen molar-refractivity contribution in [3.05, 3.63) is 42.5 Å². The number of carbonyl (C=O) groups is 1. The van der Waals surface area contributed by atoms with Crippen LogP contribution in [0.1, 0.15) is 0 Å². The molecular weight excluding hydrogens is 231 g/mol. The third-order valence-electron chi connectivity index (χ3n) is 2.10. The second-order valence-corrected chi connectivity index (χ2v) is 3.14. The Labute approximate surface area is 136 Å². The predicted molar refractivity (Wildman–Crippen MR) is 54.5 cm³/mol. The van der Waals surface area contributed by atoms with Gasteiger partial charge in [0.05, 0.1) is 5.97 Å². The Balaban J connectivity index is 0.00000128. The molecule has 0 spiro atoms. The topological polar surface area (TPSA) is 49.4 Å². The SMILES string of the molecule is O=C([O-])COc1cccc2ccccc12.[K+]. The molecule has 2 aromatic carbocycles. The van der Waals surface area contributed by atoms with E-state index in [-0.39, 0.29) is 51.4 Å². The van der Waals surface area contributed by atoms with Gasteiger partial charge in [0.2, 0.25) is 0 Å². The van der Waals surface area contributed by atoms with E-state index in [1.165, 1.54) is 0 Å². The summed E-state index contributed by atoms with van der Waals surface area (Å²) < 4.78 is 5.12. The molecule has 0 saturated heterocycles. The van der Waals surface area contributed by atoms with E-state index < -0.39 is 12.6 Å². The summed E-state index contributed by atoms with van der Waals surface area (Å²) in [7, 11) is 0. The van der Waals surface area contributed by atoms with Gasteiger partial charge in [-0.3, -0.25) is 0 Å². The molecule has 0 amide bonds. The van der Waals surface area contributed by atoms with E-state index in [0.29, 0.717) is 5.75 Å². The summed E-state index contributed by atoms with van der Waals surface area (Å²) in [5.41, 5.74) is 0. The molecule has 0 fully saturated rings. The quantitative estimate of drug-likeness (QED) is 0.582. The van der Waals surface area contributed by atoms with Gasteiger partial charge in [0, 0.05) is 5.39 Å². The van der Waals surface area contributed by atoms with Crippen molar-refractivity contribution in [2.24, 2.45) is 0 Å².